The number of carbonyl (C=O) groups excluding carboxylic acids is 1. The molecular formula is C9H14O3. The van der Waals surface area contributed by atoms with Gasteiger partial charge in [-0.3, -0.25) is 0 Å². The van der Waals surface area contributed by atoms with E-state index in [9.17, 15) is 4.79 Å². The van der Waals surface area contributed by atoms with Crippen LogP contribution in [0.4, 0.5) is 0 Å². The van der Waals surface area contributed by atoms with E-state index in [2.05, 4.69) is 4.74 Å². The number of carbonyl (C=O) groups is 1. The first-order chi connectivity index (χ1) is 5.83. The summed E-state index contributed by atoms with van der Waals surface area (Å²) in [5, 5.41) is 0. The lowest BCUT2D eigenvalue weighted by Gasteiger charge is -2.18. The van der Waals surface area contributed by atoms with Crippen LogP contribution in [0.3, 0.4) is 0 Å². The van der Waals surface area contributed by atoms with Gasteiger partial charge in [-0.15, -0.1) is 0 Å². The van der Waals surface area contributed by atoms with Crippen LogP contribution in [0.2, 0.25) is 0 Å². The molecule has 1 aliphatic rings. The van der Waals surface area contributed by atoms with E-state index in [4.69, 9.17) is 4.74 Å². The minimum atomic E-state index is -0.291. The van der Waals surface area contributed by atoms with Crippen LogP contribution in [0.5, 0.6) is 0 Å². The maximum absolute atomic E-state index is 10.7. The molecule has 1 unspecified atom stereocenters. The van der Waals surface area contributed by atoms with E-state index < -0.39 is 0 Å². The Balaban J connectivity index is 2.28. The normalized spacial score (nSPS) is 24.2. The minimum absolute atomic E-state index is 0.291. The molecule has 0 aliphatic carbocycles. The molecule has 0 saturated carbocycles. The molecule has 3 heteroatoms. The van der Waals surface area contributed by atoms with Gasteiger partial charge in [-0.25, -0.2) is 4.79 Å². The van der Waals surface area contributed by atoms with Crippen LogP contribution in [0.25, 0.3) is 0 Å². The molecule has 1 rings (SSSR count). The largest absolute Gasteiger partial charge is 0.466 e. The Morgan fingerprint density at radius 1 is 1.67 bits per heavy atom. The van der Waals surface area contributed by atoms with Gasteiger partial charge >= 0.3 is 5.97 Å². The summed E-state index contributed by atoms with van der Waals surface area (Å²) in [4.78, 5) is 10.7. The SMILES string of the molecule is COC(=O)C=CC1CCCOC1. The van der Waals surface area contributed by atoms with E-state index in [1.165, 1.54) is 13.2 Å². The summed E-state index contributed by atoms with van der Waals surface area (Å²) in [5.41, 5.74) is 0. The second-order valence-electron chi connectivity index (χ2n) is 2.86. The summed E-state index contributed by atoms with van der Waals surface area (Å²) in [6.07, 6.45) is 5.52. The molecule has 1 heterocycles. The molecule has 0 aromatic carbocycles. The molecule has 0 amide bonds. The highest BCUT2D eigenvalue weighted by molar-refractivity contribution is 5.81. The molecule has 0 aromatic heterocycles. The van der Waals surface area contributed by atoms with E-state index in [1.54, 1.807) is 0 Å². The first-order valence-corrected chi connectivity index (χ1v) is 4.17. The van der Waals surface area contributed by atoms with Crippen molar-refractivity contribution >= 4 is 5.97 Å². The Bertz CT molecular complexity index is 169. The molecular weight excluding hydrogens is 156 g/mol. The van der Waals surface area contributed by atoms with Gasteiger partial charge in [0.25, 0.3) is 0 Å². The predicted octanol–water partition coefficient (Wildman–Crippen LogP) is 1.14. The average Bonchev–Trinajstić information content (AvgIpc) is 2.16. The summed E-state index contributed by atoms with van der Waals surface area (Å²) >= 11 is 0. The molecule has 0 radical (unpaired) electrons. The fourth-order valence-corrected chi connectivity index (χ4v) is 1.20. The van der Waals surface area contributed by atoms with Crippen molar-refractivity contribution in [2.75, 3.05) is 20.3 Å². The van der Waals surface area contributed by atoms with Crippen molar-refractivity contribution in [3.63, 3.8) is 0 Å². The topological polar surface area (TPSA) is 35.5 Å². The van der Waals surface area contributed by atoms with E-state index in [1.807, 2.05) is 6.08 Å². The van der Waals surface area contributed by atoms with Gasteiger partial charge < -0.3 is 9.47 Å². The van der Waals surface area contributed by atoms with Crippen LogP contribution in [-0.2, 0) is 14.3 Å². The zero-order valence-corrected chi connectivity index (χ0v) is 7.29. The average molecular weight is 170 g/mol. The number of rotatable bonds is 2. The highest BCUT2D eigenvalue weighted by atomic mass is 16.5. The molecule has 0 bridgehead atoms. The number of hydrogen-bond acceptors (Lipinski definition) is 3. The van der Waals surface area contributed by atoms with Gasteiger partial charge in [-0.05, 0) is 12.8 Å². The number of esters is 1. The van der Waals surface area contributed by atoms with Crippen molar-refractivity contribution in [3.8, 4) is 0 Å². The van der Waals surface area contributed by atoms with Crippen molar-refractivity contribution in [1.29, 1.82) is 0 Å². The molecule has 3 nitrogen and oxygen atoms in total. The van der Waals surface area contributed by atoms with Gasteiger partial charge in [-0.1, -0.05) is 6.08 Å². The van der Waals surface area contributed by atoms with Crippen LogP contribution in [0.1, 0.15) is 12.8 Å². The summed E-state index contributed by atoms with van der Waals surface area (Å²) < 4.78 is 9.72. The third kappa shape index (κ3) is 3.05. The number of ether oxygens (including phenoxy) is 2. The lowest BCUT2D eigenvalue weighted by molar-refractivity contribution is -0.134. The zero-order valence-electron chi connectivity index (χ0n) is 7.29. The molecule has 12 heavy (non-hydrogen) atoms. The maximum atomic E-state index is 10.7. The second kappa shape index (κ2) is 4.93. The van der Waals surface area contributed by atoms with Crippen LogP contribution < -0.4 is 0 Å². The Labute approximate surface area is 72.4 Å². The third-order valence-corrected chi connectivity index (χ3v) is 1.90. The second-order valence-corrected chi connectivity index (χ2v) is 2.86. The minimum Gasteiger partial charge on any atom is -0.466 e. The molecule has 0 N–H and O–H groups in total. The summed E-state index contributed by atoms with van der Waals surface area (Å²) in [6, 6.07) is 0. The van der Waals surface area contributed by atoms with Gasteiger partial charge in [0.05, 0.1) is 13.7 Å². The Morgan fingerprint density at radius 2 is 2.50 bits per heavy atom. The summed E-state index contributed by atoms with van der Waals surface area (Å²) in [5.74, 6) is 0.0958. The van der Waals surface area contributed by atoms with Crippen LogP contribution in [0, 0.1) is 5.92 Å². The molecule has 0 spiro atoms. The van der Waals surface area contributed by atoms with E-state index >= 15 is 0 Å². The number of hydrogen-bond donors (Lipinski definition) is 0. The van der Waals surface area contributed by atoms with E-state index in [-0.39, 0.29) is 5.97 Å². The first-order valence-electron chi connectivity index (χ1n) is 4.17. The molecule has 1 saturated heterocycles. The van der Waals surface area contributed by atoms with E-state index in [0.29, 0.717) is 5.92 Å². The predicted molar refractivity (Wildman–Crippen MR) is 44.7 cm³/mol. The van der Waals surface area contributed by atoms with Gasteiger partial charge in [0.2, 0.25) is 0 Å². The fourth-order valence-electron chi connectivity index (χ4n) is 1.20. The molecule has 1 aliphatic heterocycles. The standard InChI is InChI=1S/C9H14O3/c1-11-9(10)5-4-8-3-2-6-12-7-8/h4-5,8H,2-3,6-7H2,1H3. The van der Waals surface area contributed by atoms with Crippen molar-refractivity contribution in [1.82, 2.24) is 0 Å². The fraction of sp³-hybridized carbons (Fsp3) is 0.667. The molecule has 1 atom stereocenters. The van der Waals surface area contributed by atoms with E-state index in [0.717, 1.165) is 26.1 Å². The monoisotopic (exact) mass is 170 g/mol. The smallest absolute Gasteiger partial charge is 0.330 e. The maximum Gasteiger partial charge on any atom is 0.330 e. The quantitative estimate of drug-likeness (QED) is 0.460. The summed E-state index contributed by atoms with van der Waals surface area (Å²) in [6.45, 7) is 1.58. The van der Waals surface area contributed by atoms with Gasteiger partial charge in [0.1, 0.15) is 0 Å². The summed E-state index contributed by atoms with van der Waals surface area (Å²) in [7, 11) is 1.38. The van der Waals surface area contributed by atoms with Gasteiger partial charge in [0.15, 0.2) is 0 Å². The lowest BCUT2D eigenvalue weighted by atomic mass is 10.0. The molecule has 1 fully saturated rings. The van der Waals surface area contributed by atoms with Crippen molar-refractivity contribution in [2.24, 2.45) is 5.92 Å². The zero-order chi connectivity index (χ0) is 8.81. The highest BCUT2D eigenvalue weighted by Crippen LogP contribution is 2.14. The number of methoxy groups -OCH3 is 1. The van der Waals surface area contributed by atoms with Crippen molar-refractivity contribution < 1.29 is 14.3 Å². The Kier molecular flexibility index (Phi) is 3.80. The Morgan fingerprint density at radius 3 is 3.08 bits per heavy atom. The van der Waals surface area contributed by atoms with Crippen molar-refractivity contribution in [3.05, 3.63) is 12.2 Å². The van der Waals surface area contributed by atoms with Crippen LogP contribution in [-0.4, -0.2) is 26.3 Å². The highest BCUT2D eigenvalue weighted by Gasteiger charge is 2.10. The van der Waals surface area contributed by atoms with Crippen molar-refractivity contribution in [2.45, 2.75) is 12.8 Å². The van der Waals surface area contributed by atoms with Crippen LogP contribution in [0.15, 0.2) is 12.2 Å². The van der Waals surface area contributed by atoms with Gasteiger partial charge in [-0.2, -0.15) is 0 Å². The third-order valence-electron chi connectivity index (χ3n) is 1.90. The van der Waals surface area contributed by atoms with Gasteiger partial charge in [0, 0.05) is 18.6 Å². The lowest BCUT2D eigenvalue weighted by Crippen LogP contribution is -2.15. The molecule has 68 valence electrons. The molecule has 0 aromatic rings. The van der Waals surface area contributed by atoms with Crippen LogP contribution >= 0.6 is 0 Å². The Hall–Kier alpha value is -0.830. The first kappa shape index (κ1) is 9.26.